The van der Waals surface area contributed by atoms with Crippen LogP contribution in [0.4, 0.5) is 11.4 Å². The lowest BCUT2D eigenvalue weighted by atomic mass is 10.1. The monoisotopic (exact) mass is 296 g/mol. The van der Waals surface area contributed by atoms with Gasteiger partial charge in [0.1, 0.15) is 0 Å². The van der Waals surface area contributed by atoms with Crippen LogP contribution in [0, 0.1) is 0 Å². The van der Waals surface area contributed by atoms with E-state index in [0.717, 1.165) is 29.9 Å². The number of thioether (sulfide) groups is 1. The number of fused-ring (bicyclic) bond motifs is 2. The summed E-state index contributed by atoms with van der Waals surface area (Å²) in [4.78, 5) is 15.6. The number of anilines is 2. The molecule has 1 atom stereocenters. The first kappa shape index (κ1) is 12.8. The maximum absolute atomic E-state index is 12.3. The molecule has 0 bridgehead atoms. The van der Waals surface area contributed by atoms with Crippen molar-refractivity contribution in [3.05, 3.63) is 53.6 Å². The summed E-state index contributed by atoms with van der Waals surface area (Å²) in [6.07, 6.45) is 1.51. The minimum absolute atomic E-state index is 0.187. The van der Waals surface area contributed by atoms with Crippen molar-refractivity contribution in [1.82, 2.24) is 0 Å². The SMILES string of the molecule is Nc1ccc2c(c1)CC(=O)N2CC1Cc2ccccc2S1. The topological polar surface area (TPSA) is 46.3 Å². The van der Waals surface area contributed by atoms with Crippen molar-refractivity contribution in [3.63, 3.8) is 0 Å². The van der Waals surface area contributed by atoms with Gasteiger partial charge in [0.25, 0.3) is 0 Å². The quantitative estimate of drug-likeness (QED) is 0.867. The Labute approximate surface area is 128 Å². The van der Waals surface area contributed by atoms with Crippen LogP contribution >= 0.6 is 11.8 Å². The molecule has 1 amide bonds. The molecule has 21 heavy (non-hydrogen) atoms. The van der Waals surface area contributed by atoms with Crippen molar-refractivity contribution in [2.75, 3.05) is 17.2 Å². The molecule has 3 nitrogen and oxygen atoms in total. The van der Waals surface area contributed by atoms with Crippen molar-refractivity contribution in [3.8, 4) is 0 Å². The highest BCUT2D eigenvalue weighted by Gasteiger charge is 2.31. The molecule has 0 aliphatic carbocycles. The van der Waals surface area contributed by atoms with E-state index in [-0.39, 0.29) is 5.91 Å². The van der Waals surface area contributed by atoms with Gasteiger partial charge in [0.2, 0.25) is 5.91 Å². The van der Waals surface area contributed by atoms with Gasteiger partial charge in [0, 0.05) is 28.1 Å². The number of rotatable bonds is 2. The Morgan fingerprint density at radius 2 is 2.05 bits per heavy atom. The number of amides is 1. The van der Waals surface area contributed by atoms with E-state index in [0.29, 0.717) is 11.7 Å². The summed E-state index contributed by atoms with van der Waals surface area (Å²) >= 11 is 1.88. The van der Waals surface area contributed by atoms with Crippen LogP contribution in [0.2, 0.25) is 0 Å². The largest absolute Gasteiger partial charge is 0.399 e. The average molecular weight is 296 g/mol. The molecule has 4 heteroatoms. The van der Waals surface area contributed by atoms with Gasteiger partial charge in [-0.2, -0.15) is 0 Å². The minimum atomic E-state index is 0.187. The van der Waals surface area contributed by atoms with Gasteiger partial charge < -0.3 is 10.6 Å². The van der Waals surface area contributed by atoms with Gasteiger partial charge in [-0.15, -0.1) is 11.8 Å². The zero-order chi connectivity index (χ0) is 14.4. The second kappa shape index (κ2) is 4.81. The summed E-state index contributed by atoms with van der Waals surface area (Å²) in [5.41, 5.74) is 10.0. The van der Waals surface area contributed by atoms with E-state index in [2.05, 4.69) is 24.3 Å². The fourth-order valence-corrected chi connectivity index (χ4v) is 4.47. The second-order valence-corrected chi connectivity index (χ2v) is 6.96. The Hall–Kier alpha value is -1.94. The highest BCUT2D eigenvalue weighted by Crippen LogP contribution is 2.39. The van der Waals surface area contributed by atoms with Crippen molar-refractivity contribution >= 4 is 29.0 Å². The van der Waals surface area contributed by atoms with Crippen LogP contribution < -0.4 is 10.6 Å². The van der Waals surface area contributed by atoms with Crippen molar-refractivity contribution in [2.24, 2.45) is 0 Å². The lowest BCUT2D eigenvalue weighted by Crippen LogP contribution is -2.33. The molecular formula is C17H16N2OS. The fourth-order valence-electron chi connectivity index (χ4n) is 3.16. The van der Waals surface area contributed by atoms with Gasteiger partial charge >= 0.3 is 0 Å². The molecule has 2 aromatic carbocycles. The predicted molar refractivity (Wildman–Crippen MR) is 86.7 cm³/mol. The molecule has 2 aliphatic rings. The third-order valence-electron chi connectivity index (χ3n) is 4.14. The summed E-state index contributed by atoms with van der Waals surface area (Å²) in [7, 11) is 0. The lowest BCUT2D eigenvalue weighted by molar-refractivity contribution is -0.117. The minimum Gasteiger partial charge on any atom is -0.399 e. The van der Waals surface area contributed by atoms with Gasteiger partial charge in [-0.3, -0.25) is 4.79 Å². The van der Waals surface area contributed by atoms with Crippen molar-refractivity contribution in [1.29, 1.82) is 0 Å². The smallest absolute Gasteiger partial charge is 0.231 e. The predicted octanol–water partition coefficient (Wildman–Crippen LogP) is 2.87. The highest BCUT2D eigenvalue weighted by molar-refractivity contribution is 8.00. The molecule has 0 aromatic heterocycles. The lowest BCUT2D eigenvalue weighted by Gasteiger charge is -2.21. The summed E-state index contributed by atoms with van der Waals surface area (Å²) in [6, 6.07) is 14.3. The molecule has 0 saturated heterocycles. The molecule has 2 N–H and O–H groups in total. The first-order chi connectivity index (χ1) is 10.2. The molecular weight excluding hydrogens is 280 g/mol. The molecule has 4 rings (SSSR count). The van der Waals surface area contributed by atoms with Crippen molar-refractivity contribution in [2.45, 2.75) is 23.0 Å². The average Bonchev–Trinajstić information content (AvgIpc) is 3.00. The number of nitrogens with two attached hydrogens (primary N) is 1. The summed E-state index contributed by atoms with van der Waals surface area (Å²) in [5.74, 6) is 0.187. The zero-order valence-electron chi connectivity index (χ0n) is 11.6. The highest BCUT2D eigenvalue weighted by atomic mass is 32.2. The van der Waals surface area contributed by atoms with E-state index < -0.39 is 0 Å². The standard InChI is InChI=1S/C17H16N2OS/c18-13-5-6-15-12(7-13)9-17(20)19(15)10-14-8-11-3-1-2-4-16(11)21-14/h1-7,14H,8-10,18H2. The third kappa shape index (κ3) is 2.20. The number of carbonyl (C=O) groups excluding carboxylic acids is 1. The molecule has 0 spiro atoms. The van der Waals surface area contributed by atoms with Gasteiger partial charge in [-0.05, 0) is 41.8 Å². The number of benzene rings is 2. The molecule has 0 saturated carbocycles. The van der Waals surface area contributed by atoms with E-state index in [1.165, 1.54) is 10.5 Å². The maximum Gasteiger partial charge on any atom is 0.231 e. The van der Waals surface area contributed by atoms with Crippen LogP contribution in [-0.2, 0) is 17.6 Å². The maximum atomic E-state index is 12.3. The van der Waals surface area contributed by atoms with Gasteiger partial charge in [0.05, 0.1) is 6.42 Å². The molecule has 2 heterocycles. The molecule has 1 unspecified atom stereocenters. The van der Waals surface area contributed by atoms with Crippen LogP contribution in [-0.4, -0.2) is 17.7 Å². The van der Waals surface area contributed by atoms with Crippen LogP contribution in [0.15, 0.2) is 47.4 Å². The number of hydrogen-bond donors (Lipinski definition) is 1. The number of nitrogen functional groups attached to an aromatic ring is 1. The summed E-state index contributed by atoms with van der Waals surface area (Å²) < 4.78 is 0. The Bertz CT molecular complexity index is 703. The fraction of sp³-hybridized carbons (Fsp3) is 0.235. The number of carbonyl (C=O) groups is 1. The molecule has 106 valence electrons. The Morgan fingerprint density at radius 3 is 2.90 bits per heavy atom. The summed E-state index contributed by atoms with van der Waals surface area (Å²) in [6.45, 7) is 0.773. The second-order valence-electron chi connectivity index (χ2n) is 5.62. The Morgan fingerprint density at radius 1 is 1.19 bits per heavy atom. The molecule has 2 aliphatic heterocycles. The summed E-state index contributed by atoms with van der Waals surface area (Å²) in [5, 5.41) is 0.440. The van der Waals surface area contributed by atoms with Gasteiger partial charge in [0.15, 0.2) is 0 Å². The van der Waals surface area contributed by atoms with E-state index in [9.17, 15) is 4.79 Å². The van der Waals surface area contributed by atoms with Crippen LogP contribution in [0.5, 0.6) is 0 Å². The molecule has 2 aromatic rings. The van der Waals surface area contributed by atoms with E-state index >= 15 is 0 Å². The van der Waals surface area contributed by atoms with E-state index in [1.54, 1.807) is 0 Å². The number of nitrogens with zero attached hydrogens (tertiary/aromatic N) is 1. The van der Waals surface area contributed by atoms with Crippen LogP contribution in [0.25, 0.3) is 0 Å². The first-order valence-electron chi connectivity index (χ1n) is 7.14. The van der Waals surface area contributed by atoms with E-state index in [4.69, 9.17) is 5.73 Å². The van der Waals surface area contributed by atoms with Gasteiger partial charge in [-0.25, -0.2) is 0 Å². The Kier molecular flexibility index (Phi) is 2.93. The molecule has 0 fully saturated rings. The van der Waals surface area contributed by atoms with Crippen LogP contribution in [0.3, 0.4) is 0 Å². The number of hydrogen-bond acceptors (Lipinski definition) is 3. The molecule has 0 radical (unpaired) electrons. The normalized spacial score (nSPS) is 19.7. The Balaban J connectivity index is 1.56. The third-order valence-corrected chi connectivity index (χ3v) is 5.44. The van der Waals surface area contributed by atoms with Crippen molar-refractivity contribution < 1.29 is 4.79 Å². The van der Waals surface area contributed by atoms with E-state index in [1.807, 2.05) is 34.9 Å². The first-order valence-corrected chi connectivity index (χ1v) is 8.02. The van der Waals surface area contributed by atoms with Crippen LogP contribution in [0.1, 0.15) is 11.1 Å². The zero-order valence-corrected chi connectivity index (χ0v) is 12.4. The van der Waals surface area contributed by atoms with Gasteiger partial charge in [-0.1, -0.05) is 18.2 Å².